The van der Waals surface area contributed by atoms with Gasteiger partial charge in [-0.2, -0.15) is 0 Å². The highest BCUT2D eigenvalue weighted by Crippen LogP contribution is 2.11. The maximum Gasteiger partial charge on any atom is 0.244 e. The minimum atomic E-state index is -0.495. The average Bonchev–Trinajstić information content (AvgIpc) is 2.85. The van der Waals surface area contributed by atoms with Crippen molar-refractivity contribution in [2.45, 2.75) is 50.8 Å². The zero-order chi connectivity index (χ0) is 13.8. The molecule has 6 heteroatoms. The molecule has 2 aliphatic rings. The Kier molecular flexibility index (Phi) is 4.76. The highest BCUT2D eigenvalue weighted by atomic mass is 16.3. The van der Waals surface area contributed by atoms with E-state index in [1.165, 1.54) is 6.42 Å². The first-order valence-corrected chi connectivity index (χ1v) is 7.08. The summed E-state index contributed by atoms with van der Waals surface area (Å²) in [6.45, 7) is 3.74. The van der Waals surface area contributed by atoms with E-state index in [1.807, 2.05) is 4.90 Å². The molecule has 6 nitrogen and oxygen atoms in total. The van der Waals surface area contributed by atoms with Crippen LogP contribution < -0.4 is 10.6 Å². The second-order valence-corrected chi connectivity index (χ2v) is 5.47. The van der Waals surface area contributed by atoms with Gasteiger partial charge in [-0.25, -0.2) is 0 Å². The lowest BCUT2D eigenvalue weighted by Gasteiger charge is -2.29. The standard InChI is InChI=1S/C13H23N3O3/c1-9(13(19)16-5-3-2-4-6-16)15-12(18)11-7-10(17)8-14-11/h9-11,14,17H,2-8H2,1H3,(H,15,18). The maximum absolute atomic E-state index is 12.2. The Morgan fingerprint density at radius 2 is 2.00 bits per heavy atom. The number of carbonyl (C=O) groups excluding carboxylic acids is 2. The van der Waals surface area contributed by atoms with E-state index < -0.39 is 12.1 Å². The molecule has 19 heavy (non-hydrogen) atoms. The molecule has 0 aromatic rings. The van der Waals surface area contributed by atoms with E-state index in [1.54, 1.807) is 6.92 Å². The summed E-state index contributed by atoms with van der Waals surface area (Å²) in [5.41, 5.74) is 0. The third-order valence-corrected chi connectivity index (χ3v) is 3.82. The lowest BCUT2D eigenvalue weighted by Crippen LogP contribution is -2.52. The smallest absolute Gasteiger partial charge is 0.244 e. The number of nitrogens with one attached hydrogen (secondary N) is 2. The summed E-state index contributed by atoms with van der Waals surface area (Å²) >= 11 is 0. The Morgan fingerprint density at radius 1 is 1.32 bits per heavy atom. The molecule has 3 atom stereocenters. The second-order valence-electron chi connectivity index (χ2n) is 5.47. The van der Waals surface area contributed by atoms with Crippen LogP contribution in [0.25, 0.3) is 0 Å². The van der Waals surface area contributed by atoms with Crippen molar-refractivity contribution >= 4 is 11.8 Å². The Hall–Kier alpha value is -1.14. The molecule has 2 heterocycles. The van der Waals surface area contributed by atoms with Crippen molar-refractivity contribution < 1.29 is 14.7 Å². The first-order valence-electron chi connectivity index (χ1n) is 7.08. The summed E-state index contributed by atoms with van der Waals surface area (Å²) in [6.07, 6.45) is 3.21. The van der Waals surface area contributed by atoms with Crippen LogP contribution in [-0.2, 0) is 9.59 Å². The molecule has 2 rings (SSSR count). The normalized spacial score (nSPS) is 29.1. The zero-order valence-corrected chi connectivity index (χ0v) is 11.4. The number of nitrogens with zero attached hydrogens (tertiary/aromatic N) is 1. The van der Waals surface area contributed by atoms with Crippen LogP contribution in [0.15, 0.2) is 0 Å². The molecule has 0 bridgehead atoms. The van der Waals surface area contributed by atoms with Crippen LogP contribution in [0.5, 0.6) is 0 Å². The van der Waals surface area contributed by atoms with Gasteiger partial charge in [-0.3, -0.25) is 9.59 Å². The number of aliphatic hydroxyl groups is 1. The minimum absolute atomic E-state index is 0.00778. The quantitative estimate of drug-likeness (QED) is 0.628. The number of likely N-dealkylation sites (tertiary alicyclic amines) is 1. The van der Waals surface area contributed by atoms with Gasteiger partial charge in [0, 0.05) is 19.6 Å². The largest absolute Gasteiger partial charge is 0.392 e. The summed E-state index contributed by atoms with van der Waals surface area (Å²) in [7, 11) is 0. The first kappa shape index (κ1) is 14.3. The fraction of sp³-hybridized carbons (Fsp3) is 0.846. The van der Waals surface area contributed by atoms with Gasteiger partial charge < -0.3 is 20.6 Å². The SMILES string of the molecule is CC(NC(=O)C1CC(O)CN1)C(=O)N1CCCCC1. The molecule has 0 aliphatic carbocycles. The zero-order valence-electron chi connectivity index (χ0n) is 11.4. The third kappa shape index (κ3) is 3.67. The van der Waals surface area contributed by atoms with E-state index in [4.69, 9.17) is 0 Å². The predicted molar refractivity (Wildman–Crippen MR) is 70.5 cm³/mol. The maximum atomic E-state index is 12.2. The molecule has 108 valence electrons. The molecular weight excluding hydrogens is 246 g/mol. The lowest BCUT2D eigenvalue weighted by atomic mass is 10.1. The molecule has 2 amide bonds. The van der Waals surface area contributed by atoms with Gasteiger partial charge in [0.05, 0.1) is 12.1 Å². The number of piperidine rings is 1. The fourth-order valence-corrected chi connectivity index (χ4v) is 2.68. The molecule has 0 aromatic carbocycles. The van der Waals surface area contributed by atoms with Crippen LogP contribution in [0.2, 0.25) is 0 Å². The number of hydrogen-bond acceptors (Lipinski definition) is 4. The van der Waals surface area contributed by atoms with Crippen molar-refractivity contribution in [2.24, 2.45) is 0 Å². The van der Waals surface area contributed by atoms with E-state index in [9.17, 15) is 14.7 Å². The Balaban J connectivity index is 1.80. The summed E-state index contributed by atoms with van der Waals surface area (Å²) in [4.78, 5) is 25.9. The molecular formula is C13H23N3O3. The van der Waals surface area contributed by atoms with Gasteiger partial charge in [0.25, 0.3) is 0 Å². The summed E-state index contributed by atoms with van der Waals surface area (Å²) in [5.74, 6) is -0.207. The monoisotopic (exact) mass is 269 g/mol. The number of aliphatic hydroxyl groups excluding tert-OH is 1. The van der Waals surface area contributed by atoms with E-state index in [0.29, 0.717) is 13.0 Å². The van der Waals surface area contributed by atoms with Crippen molar-refractivity contribution in [3.05, 3.63) is 0 Å². The number of β-amino-alcohol motifs (C(OH)–C–C–N with tert-alkyl or cyclic N) is 1. The Morgan fingerprint density at radius 3 is 2.58 bits per heavy atom. The number of amides is 2. The van der Waals surface area contributed by atoms with E-state index >= 15 is 0 Å². The second kappa shape index (κ2) is 6.34. The molecule has 0 radical (unpaired) electrons. The third-order valence-electron chi connectivity index (χ3n) is 3.82. The molecule has 0 spiro atoms. The Labute approximate surface area is 113 Å². The van der Waals surface area contributed by atoms with E-state index in [0.717, 1.165) is 25.9 Å². The van der Waals surface area contributed by atoms with Crippen LogP contribution in [0.1, 0.15) is 32.6 Å². The van der Waals surface area contributed by atoms with E-state index in [-0.39, 0.29) is 17.9 Å². The first-order chi connectivity index (χ1) is 9.08. The fourth-order valence-electron chi connectivity index (χ4n) is 2.68. The lowest BCUT2D eigenvalue weighted by molar-refractivity contribution is -0.137. The molecule has 2 saturated heterocycles. The molecule has 2 fully saturated rings. The van der Waals surface area contributed by atoms with Gasteiger partial charge in [0.1, 0.15) is 6.04 Å². The molecule has 3 N–H and O–H groups in total. The summed E-state index contributed by atoms with van der Waals surface area (Å²) < 4.78 is 0. The van der Waals surface area contributed by atoms with Gasteiger partial charge in [0.15, 0.2) is 0 Å². The minimum Gasteiger partial charge on any atom is -0.392 e. The number of rotatable bonds is 3. The average molecular weight is 269 g/mol. The topological polar surface area (TPSA) is 81.7 Å². The van der Waals surface area contributed by atoms with Crippen LogP contribution in [0.3, 0.4) is 0 Å². The van der Waals surface area contributed by atoms with Gasteiger partial charge in [0.2, 0.25) is 11.8 Å². The summed E-state index contributed by atoms with van der Waals surface area (Å²) in [6, 6.07) is -0.878. The van der Waals surface area contributed by atoms with Gasteiger partial charge in [-0.15, -0.1) is 0 Å². The van der Waals surface area contributed by atoms with Crippen LogP contribution >= 0.6 is 0 Å². The van der Waals surface area contributed by atoms with Gasteiger partial charge >= 0.3 is 0 Å². The van der Waals surface area contributed by atoms with Gasteiger partial charge in [-0.1, -0.05) is 0 Å². The van der Waals surface area contributed by atoms with Gasteiger partial charge in [-0.05, 0) is 32.6 Å². The predicted octanol–water partition coefficient (Wildman–Crippen LogP) is -0.774. The molecule has 2 aliphatic heterocycles. The van der Waals surface area contributed by atoms with Crippen molar-refractivity contribution in [1.82, 2.24) is 15.5 Å². The molecule has 3 unspecified atom stereocenters. The van der Waals surface area contributed by atoms with Crippen molar-refractivity contribution in [3.8, 4) is 0 Å². The van der Waals surface area contributed by atoms with Crippen LogP contribution in [0.4, 0.5) is 0 Å². The van der Waals surface area contributed by atoms with E-state index in [2.05, 4.69) is 10.6 Å². The molecule has 0 saturated carbocycles. The summed E-state index contributed by atoms with van der Waals surface area (Å²) in [5, 5.41) is 15.1. The number of carbonyl (C=O) groups is 2. The van der Waals surface area contributed by atoms with Crippen molar-refractivity contribution in [1.29, 1.82) is 0 Å². The molecule has 0 aromatic heterocycles. The van der Waals surface area contributed by atoms with Crippen LogP contribution in [0, 0.1) is 0 Å². The highest BCUT2D eigenvalue weighted by molar-refractivity contribution is 5.89. The van der Waals surface area contributed by atoms with Crippen molar-refractivity contribution in [2.75, 3.05) is 19.6 Å². The number of hydrogen-bond donors (Lipinski definition) is 3. The Bertz CT molecular complexity index is 342. The highest BCUT2D eigenvalue weighted by Gasteiger charge is 2.30. The van der Waals surface area contributed by atoms with Crippen LogP contribution in [-0.4, -0.2) is 59.6 Å². The van der Waals surface area contributed by atoms with Crippen molar-refractivity contribution in [3.63, 3.8) is 0 Å².